The molecule has 0 bridgehead atoms. The maximum atomic E-state index is 11.9. The minimum absolute atomic E-state index is 1.18. The van der Waals surface area contributed by atoms with Crippen molar-refractivity contribution in [1.29, 1.82) is 0 Å². The summed E-state index contributed by atoms with van der Waals surface area (Å²) in [4.78, 5) is 0. The molecule has 1 unspecified atom stereocenters. The fraction of sp³-hybridized carbons (Fsp3) is 0.500. The fourth-order valence-corrected chi connectivity index (χ4v) is 1.61. The Bertz CT molecular complexity index is 619. The van der Waals surface area contributed by atoms with Crippen LogP contribution in [0.25, 0.3) is 0 Å². The summed E-state index contributed by atoms with van der Waals surface area (Å²) in [5, 5.41) is -3.91. The molecule has 1 rings (SSSR count). The molecule has 0 amide bonds. The van der Waals surface area contributed by atoms with E-state index in [2.05, 4.69) is 36.6 Å². The van der Waals surface area contributed by atoms with Gasteiger partial charge in [-0.1, -0.05) is 17.7 Å². The summed E-state index contributed by atoms with van der Waals surface area (Å²) in [5.74, 6) is 0. The molecule has 1 atom stereocenters. The average Bonchev–Trinajstić information content (AvgIpc) is 2.45. The van der Waals surface area contributed by atoms with Crippen LogP contribution >= 0.6 is 0 Å². The summed E-state index contributed by atoms with van der Waals surface area (Å²) in [6.45, 7) is 2.09. The third kappa shape index (κ3) is 6.17. The van der Waals surface area contributed by atoms with Gasteiger partial charge in [-0.15, -0.1) is 0 Å². The van der Waals surface area contributed by atoms with Crippen molar-refractivity contribution in [3.63, 3.8) is 0 Å². The van der Waals surface area contributed by atoms with Gasteiger partial charge >= 0.3 is 21.5 Å². The zero-order valence-electron chi connectivity index (χ0n) is 12.8. The van der Waals surface area contributed by atoms with Crippen molar-refractivity contribution in [2.75, 3.05) is 19.1 Å². The maximum Gasteiger partial charge on any atom is 0.426 e. The summed E-state index contributed by atoms with van der Waals surface area (Å²) < 4.78 is 96.1. The molecule has 1 aromatic rings. The molecule has 5 nitrogen and oxygen atoms in total. The molecule has 0 aliphatic heterocycles. The lowest BCUT2D eigenvalue weighted by Gasteiger charge is -2.19. The number of nitrogens with one attached hydrogen (secondary N) is 1. The van der Waals surface area contributed by atoms with Crippen LogP contribution in [0, 0.1) is 6.92 Å². The Balaban J connectivity index is 0.000000446. The quantitative estimate of drug-likeness (QED) is 0.476. The highest BCUT2D eigenvalue weighted by molar-refractivity contribution is 7.86. The Morgan fingerprint density at radius 1 is 1.12 bits per heavy atom. The third-order valence-corrected chi connectivity index (χ3v) is 3.58. The Morgan fingerprint density at radius 3 is 1.79 bits per heavy atom. The van der Waals surface area contributed by atoms with Crippen molar-refractivity contribution in [3.05, 3.63) is 29.8 Å². The minimum atomic E-state index is -6.41. The lowest BCUT2D eigenvalue weighted by Crippen LogP contribution is -2.46. The second-order valence-corrected chi connectivity index (χ2v) is 6.05. The lowest BCUT2D eigenvalue weighted by atomic mass is 10.2. The van der Waals surface area contributed by atoms with Crippen LogP contribution in [0.2, 0.25) is 0 Å². The Kier molecular flexibility index (Phi) is 7.52. The van der Waals surface area contributed by atoms with Crippen molar-refractivity contribution in [3.8, 4) is 0 Å². The van der Waals surface area contributed by atoms with Gasteiger partial charge in [-0.2, -0.15) is 30.4 Å². The molecule has 0 saturated carbocycles. The Morgan fingerprint density at radius 2 is 1.54 bits per heavy atom. The predicted octanol–water partition coefficient (Wildman–Crippen LogP) is 2.93. The molecular weight excluding hydrogens is 366 g/mol. The van der Waals surface area contributed by atoms with E-state index in [1.807, 2.05) is 19.1 Å². The summed E-state index contributed by atoms with van der Waals surface area (Å²) in [7, 11) is -2.52. The Labute approximate surface area is 135 Å². The van der Waals surface area contributed by atoms with E-state index in [0.717, 1.165) is 0 Å². The monoisotopic (exact) mass is 382 g/mol. The summed E-state index contributed by atoms with van der Waals surface area (Å²) in [6, 6.07) is 8.38. The molecule has 0 radical (unpaired) electrons. The third-order valence-electron chi connectivity index (χ3n) is 2.68. The first kappa shape index (κ1) is 22.5. The molecule has 0 aliphatic carbocycles. The van der Waals surface area contributed by atoms with Crippen LogP contribution in [0.1, 0.15) is 5.56 Å². The van der Waals surface area contributed by atoms with E-state index in [9.17, 15) is 34.8 Å². The highest BCUT2D eigenvalue weighted by Crippen LogP contribution is 2.37. The minimum Gasteiger partial charge on any atom is -0.312 e. The predicted molar refractivity (Wildman–Crippen MR) is 76.1 cm³/mol. The van der Waals surface area contributed by atoms with Gasteiger partial charge in [-0.3, -0.25) is 4.55 Å². The molecule has 140 valence electrons. The number of aryl methyl sites for hydroxylation is 1. The smallest absolute Gasteiger partial charge is 0.312 e. The fourth-order valence-electron chi connectivity index (χ4n) is 1.22. The molecule has 24 heavy (non-hydrogen) atoms. The van der Waals surface area contributed by atoms with Gasteiger partial charge in [0.25, 0.3) is 6.17 Å². The van der Waals surface area contributed by atoms with E-state index in [1.165, 1.54) is 11.3 Å². The molecule has 12 heteroatoms. The second kappa shape index (κ2) is 8.03. The summed E-state index contributed by atoms with van der Waals surface area (Å²) >= 11 is 0. The van der Waals surface area contributed by atoms with E-state index in [4.69, 9.17) is 4.55 Å². The van der Waals surface area contributed by atoms with Gasteiger partial charge in [0.15, 0.2) is 0 Å². The zero-order chi connectivity index (χ0) is 19.3. The molecule has 0 saturated heterocycles. The van der Waals surface area contributed by atoms with Crippen LogP contribution in [-0.4, -0.2) is 44.7 Å². The lowest BCUT2D eigenvalue weighted by molar-refractivity contribution is -0.223. The highest BCUT2D eigenvalue weighted by Gasteiger charge is 2.64. The van der Waals surface area contributed by atoms with Crippen LogP contribution in [0.15, 0.2) is 24.3 Å². The number of rotatable bonds is 4. The molecule has 0 aromatic heterocycles. The van der Waals surface area contributed by atoms with Gasteiger partial charge in [0, 0.05) is 14.1 Å². The van der Waals surface area contributed by atoms with Gasteiger partial charge in [-0.05, 0) is 19.1 Å². The van der Waals surface area contributed by atoms with E-state index in [1.54, 1.807) is 0 Å². The summed E-state index contributed by atoms with van der Waals surface area (Å²) in [5.41, 5.74) is 5.50. The van der Waals surface area contributed by atoms with E-state index >= 15 is 0 Å². The first-order valence-electron chi connectivity index (χ1n) is 6.18. The topological polar surface area (TPSA) is 69.6 Å². The molecule has 1 aromatic carbocycles. The van der Waals surface area contributed by atoms with Crippen molar-refractivity contribution in [1.82, 2.24) is 5.43 Å². The van der Waals surface area contributed by atoms with Crippen molar-refractivity contribution in [2.45, 2.75) is 24.5 Å². The SMILES string of the molecule is CNN(C)c1ccc(C)cc1.O=S(=O)(O)C(F)(F)C(F)C(F)(F)F. The van der Waals surface area contributed by atoms with Gasteiger partial charge in [0.05, 0.1) is 5.69 Å². The van der Waals surface area contributed by atoms with Gasteiger partial charge in [0.1, 0.15) is 0 Å². The van der Waals surface area contributed by atoms with Crippen LogP contribution in [0.5, 0.6) is 0 Å². The number of halogens is 6. The van der Waals surface area contributed by atoms with Gasteiger partial charge < -0.3 is 5.01 Å². The number of hydrogen-bond acceptors (Lipinski definition) is 4. The second-order valence-electron chi connectivity index (χ2n) is 4.56. The van der Waals surface area contributed by atoms with Crippen molar-refractivity contribution in [2.24, 2.45) is 0 Å². The summed E-state index contributed by atoms with van der Waals surface area (Å²) in [6.07, 6.45) is -11.0. The maximum absolute atomic E-state index is 11.9. The molecular formula is C12H16F6N2O3S. The zero-order valence-corrected chi connectivity index (χ0v) is 13.6. The number of nitrogens with zero attached hydrogens (tertiary/aromatic N) is 1. The highest BCUT2D eigenvalue weighted by atomic mass is 32.2. The number of alkyl halides is 6. The van der Waals surface area contributed by atoms with Crippen LogP contribution in [-0.2, 0) is 10.1 Å². The largest absolute Gasteiger partial charge is 0.426 e. The average molecular weight is 382 g/mol. The van der Waals surface area contributed by atoms with E-state index in [0.29, 0.717) is 0 Å². The van der Waals surface area contributed by atoms with Crippen LogP contribution in [0.3, 0.4) is 0 Å². The molecule has 0 spiro atoms. The molecule has 0 heterocycles. The van der Waals surface area contributed by atoms with Crippen LogP contribution in [0.4, 0.5) is 32.0 Å². The van der Waals surface area contributed by atoms with Gasteiger partial charge in [-0.25, -0.2) is 9.82 Å². The first-order valence-corrected chi connectivity index (χ1v) is 7.62. The number of hydrazine groups is 1. The van der Waals surface area contributed by atoms with Crippen molar-refractivity contribution < 1.29 is 39.3 Å². The van der Waals surface area contributed by atoms with Gasteiger partial charge in [0.2, 0.25) is 0 Å². The number of benzene rings is 1. The van der Waals surface area contributed by atoms with E-state index in [-0.39, 0.29) is 0 Å². The Hall–Kier alpha value is -1.53. The normalized spacial score (nSPS) is 13.8. The number of anilines is 1. The number of hydrogen-bond donors (Lipinski definition) is 2. The standard InChI is InChI=1S/C9H14N2.C3H2F6O3S/c1-8-4-6-9(7-5-8)11(3)10-2;4-1(2(5,6)7)3(8,9)13(10,11)12/h4-7,10H,1-3H3;1H,(H,10,11,12). The first-order chi connectivity index (χ1) is 10.6. The van der Waals surface area contributed by atoms with Crippen molar-refractivity contribution >= 4 is 15.8 Å². The molecule has 2 N–H and O–H groups in total. The van der Waals surface area contributed by atoms with Crippen LogP contribution < -0.4 is 10.4 Å². The molecule has 0 aliphatic rings. The van der Waals surface area contributed by atoms with E-state index < -0.39 is 27.7 Å². The molecule has 0 fully saturated rings.